The zero-order valence-corrected chi connectivity index (χ0v) is 16.6. The van der Waals surface area contributed by atoms with E-state index in [2.05, 4.69) is 43.4 Å². The van der Waals surface area contributed by atoms with E-state index in [9.17, 15) is 4.79 Å². The molecule has 1 aliphatic heterocycles. The molecule has 4 nitrogen and oxygen atoms in total. The van der Waals surface area contributed by atoms with Gasteiger partial charge in [0.15, 0.2) is 0 Å². The molecule has 26 heavy (non-hydrogen) atoms. The number of ether oxygens (including phenoxy) is 1. The first-order chi connectivity index (χ1) is 12.7. The van der Waals surface area contributed by atoms with Crippen LogP contribution in [0.5, 0.6) is 0 Å². The van der Waals surface area contributed by atoms with Crippen molar-refractivity contribution in [2.45, 2.75) is 77.4 Å². The van der Waals surface area contributed by atoms with Crippen LogP contribution in [0.25, 0.3) is 0 Å². The van der Waals surface area contributed by atoms with Crippen molar-refractivity contribution in [3.8, 4) is 0 Å². The van der Waals surface area contributed by atoms with Gasteiger partial charge in [0.05, 0.1) is 6.04 Å². The maximum Gasteiger partial charge on any atom is 0.410 e. The molecule has 0 aliphatic carbocycles. The Morgan fingerprint density at radius 1 is 1.19 bits per heavy atom. The third-order valence-electron chi connectivity index (χ3n) is 5.25. The normalized spacial score (nSPS) is 18.5. The number of rotatable bonds is 10. The summed E-state index contributed by atoms with van der Waals surface area (Å²) in [6.45, 7) is 6.74. The number of hydrogen-bond donors (Lipinski definition) is 1. The van der Waals surface area contributed by atoms with E-state index in [1.165, 1.54) is 31.2 Å². The minimum absolute atomic E-state index is 0.0522. The first kappa shape index (κ1) is 20.8. The molecule has 146 valence electrons. The SMILES string of the molecule is CCCCCCCC(CC)OC(=O)N1CCNCC1Cc1ccccc1. The zero-order chi connectivity index (χ0) is 18.6. The summed E-state index contributed by atoms with van der Waals surface area (Å²) in [5, 5.41) is 3.41. The van der Waals surface area contributed by atoms with E-state index in [4.69, 9.17) is 4.74 Å². The van der Waals surface area contributed by atoms with Crippen LogP contribution in [0, 0.1) is 0 Å². The highest BCUT2D eigenvalue weighted by Gasteiger charge is 2.29. The van der Waals surface area contributed by atoms with Crippen molar-refractivity contribution in [1.82, 2.24) is 10.2 Å². The number of nitrogens with zero attached hydrogens (tertiary/aromatic N) is 1. The van der Waals surface area contributed by atoms with Gasteiger partial charge in [0.25, 0.3) is 0 Å². The van der Waals surface area contributed by atoms with Crippen molar-refractivity contribution >= 4 is 6.09 Å². The Morgan fingerprint density at radius 3 is 2.69 bits per heavy atom. The highest BCUT2D eigenvalue weighted by Crippen LogP contribution is 2.17. The lowest BCUT2D eigenvalue weighted by Gasteiger charge is -2.36. The van der Waals surface area contributed by atoms with Gasteiger partial charge in [-0.25, -0.2) is 4.79 Å². The average molecular weight is 361 g/mol. The molecule has 1 N–H and O–H groups in total. The van der Waals surface area contributed by atoms with Crippen molar-refractivity contribution in [3.05, 3.63) is 35.9 Å². The summed E-state index contributed by atoms with van der Waals surface area (Å²) >= 11 is 0. The maximum atomic E-state index is 12.8. The second kappa shape index (κ2) is 11.9. The van der Waals surface area contributed by atoms with Gasteiger partial charge in [-0.05, 0) is 31.2 Å². The van der Waals surface area contributed by atoms with Crippen LogP contribution in [0.15, 0.2) is 30.3 Å². The lowest BCUT2D eigenvalue weighted by Crippen LogP contribution is -2.55. The Labute approximate surface area is 159 Å². The Kier molecular flexibility index (Phi) is 9.54. The number of amides is 1. The maximum absolute atomic E-state index is 12.8. The number of nitrogens with one attached hydrogen (secondary N) is 1. The Hall–Kier alpha value is -1.55. The lowest BCUT2D eigenvalue weighted by molar-refractivity contribution is 0.0392. The molecular weight excluding hydrogens is 324 g/mol. The molecule has 1 aliphatic rings. The highest BCUT2D eigenvalue weighted by molar-refractivity contribution is 5.68. The molecule has 1 amide bonds. The first-order valence-corrected chi connectivity index (χ1v) is 10.5. The van der Waals surface area contributed by atoms with E-state index in [0.717, 1.165) is 45.3 Å². The summed E-state index contributed by atoms with van der Waals surface area (Å²) in [5.74, 6) is 0. The van der Waals surface area contributed by atoms with Crippen LogP contribution in [0.3, 0.4) is 0 Å². The van der Waals surface area contributed by atoms with Crippen LogP contribution in [0.2, 0.25) is 0 Å². The third-order valence-corrected chi connectivity index (χ3v) is 5.25. The van der Waals surface area contributed by atoms with E-state index in [0.29, 0.717) is 0 Å². The second-order valence-corrected chi connectivity index (χ2v) is 7.36. The third kappa shape index (κ3) is 6.99. The number of benzene rings is 1. The van der Waals surface area contributed by atoms with E-state index >= 15 is 0 Å². The number of unbranched alkanes of at least 4 members (excludes halogenated alkanes) is 4. The molecular formula is C22H36N2O2. The monoisotopic (exact) mass is 360 g/mol. The number of carbonyl (C=O) groups is 1. The summed E-state index contributed by atoms with van der Waals surface area (Å²) in [6.07, 6.45) is 8.93. The van der Waals surface area contributed by atoms with Crippen molar-refractivity contribution in [1.29, 1.82) is 0 Å². The lowest BCUT2D eigenvalue weighted by atomic mass is 10.0. The van der Waals surface area contributed by atoms with E-state index in [1.807, 2.05) is 11.0 Å². The molecule has 0 radical (unpaired) electrons. The molecule has 1 saturated heterocycles. The minimum Gasteiger partial charge on any atom is -0.446 e. The van der Waals surface area contributed by atoms with Crippen molar-refractivity contribution in [2.24, 2.45) is 0 Å². The van der Waals surface area contributed by atoms with Crippen LogP contribution in [0.4, 0.5) is 4.79 Å². The van der Waals surface area contributed by atoms with Gasteiger partial charge in [-0.15, -0.1) is 0 Å². The molecule has 1 heterocycles. The van der Waals surface area contributed by atoms with Crippen molar-refractivity contribution in [2.75, 3.05) is 19.6 Å². The Balaban J connectivity index is 1.84. The van der Waals surface area contributed by atoms with Crippen LogP contribution in [-0.4, -0.2) is 42.8 Å². The number of carbonyl (C=O) groups excluding carboxylic acids is 1. The summed E-state index contributed by atoms with van der Waals surface area (Å²) in [4.78, 5) is 14.7. The topological polar surface area (TPSA) is 41.6 Å². The van der Waals surface area contributed by atoms with Crippen LogP contribution in [-0.2, 0) is 11.2 Å². The predicted molar refractivity (Wildman–Crippen MR) is 107 cm³/mol. The van der Waals surface area contributed by atoms with Gasteiger partial charge < -0.3 is 15.0 Å². The molecule has 2 rings (SSSR count). The largest absolute Gasteiger partial charge is 0.446 e. The van der Waals surface area contributed by atoms with Crippen LogP contribution in [0.1, 0.15) is 64.4 Å². The molecule has 0 saturated carbocycles. The molecule has 1 aromatic carbocycles. The van der Waals surface area contributed by atoms with Gasteiger partial charge in [-0.3, -0.25) is 0 Å². The molecule has 1 fully saturated rings. The number of piperazine rings is 1. The average Bonchev–Trinajstić information content (AvgIpc) is 2.68. The fourth-order valence-corrected chi connectivity index (χ4v) is 3.60. The van der Waals surface area contributed by atoms with Gasteiger partial charge in [-0.1, -0.05) is 69.9 Å². The van der Waals surface area contributed by atoms with Gasteiger partial charge in [0.1, 0.15) is 6.10 Å². The Bertz CT molecular complexity index is 506. The standard InChI is InChI=1S/C22H36N2O2/c1-3-5-6-7-11-14-21(4-2)26-22(25)24-16-15-23-18-20(24)17-19-12-9-8-10-13-19/h8-10,12-13,20-21,23H,3-7,11,14-18H2,1-2H3. The fraction of sp³-hybridized carbons (Fsp3) is 0.682. The van der Waals surface area contributed by atoms with Crippen molar-refractivity contribution < 1.29 is 9.53 Å². The predicted octanol–water partition coefficient (Wildman–Crippen LogP) is 4.78. The summed E-state index contributed by atoms with van der Waals surface area (Å²) in [7, 11) is 0. The molecule has 1 aromatic rings. The molecule has 0 spiro atoms. The van der Waals surface area contributed by atoms with E-state index in [-0.39, 0.29) is 18.2 Å². The van der Waals surface area contributed by atoms with E-state index < -0.39 is 0 Å². The minimum atomic E-state index is -0.132. The van der Waals surface area contributed by atoms with Gasteiger partial charge >= 0.3 is 6.09 Å². The smallest absolute Gasteiger partial charge is 0.410 e. The van der Waals surface area contributed by atoms with Gasteiger partial charge in [0.2, 0.25) is 0 Å². The molecule has 0 aromatic heterocycles. The Morgan fingerprint density at radius 2 is 1.96 bits per heavy atom. The fourth-order valence-electron chi connectivity index (χ4n) is 3.60. The summed E-state index contributed by atoms with van der Waals surface area (Å²) < 4.78 is 5.87. The zero-order valence-electron chi connectivity index (χ0n) is 16.6. The highest BCUT2D eigenvalue weighted by atomic mass is 16.6. The quantitative estimate of drug-likeness (QED) is 0.611. The molecule has 2 unspecified atom stereocenters. The van der Waals surface area contributed by atoms with Gasteiger partial charge in [0, 0.05) is 19.6 Å². The molecule has 4 heteroatoms. The van der Waals surface area contributed by atoms with Crippen molar-refractivity contribution in [3.63, 3.8) is 0 Å². The molecule has 0 bridgehead atoms. The van der Waals surface area contributed by atoms with Gasteiger partial charge in [-0.2, -0.15) is 0 Å². The second-order valence-electron chi connectivity index (χ2n) is 7.36. The van der Waals surface area contributed by atoms with Crippen LogP contribution < -0.4 is 5.32 Å². The number of hydrogen-bond acceptors (Lipinski definition) is 3. The first-order valence-electron chi connectivity index (χ1n) is 10.5. The summed E-state index contributed by atoms with van der Waals surface area (Å²) in [6, 6.07) is 10.6. The van der Waals surface area contributed by atoms with E-state index in [1.54, 1.807) is 0 Å². The summed E-state index contributed by atoms with van der Waals surface area (Å²) in [5.41, 5.74) is 1.27. The molecule has 2 atom stereocenters. The van der Waals surface area contributed by atoms with Crippen LogP contribution >= 0.6 is 0 Å².